The number of nitrogens with zero attached hydrogens (tertiary/aromatic N) is 2. The molecule has 3 N–H and O–H groups in total. The molecular weight excluding hydrogens is 132 g/mol. The van der Waals surface area contributed by atoms with E-state index in [4.69, 9.17) is 5.84 Å². The largest absolute Gasteiger partial charge is 0.307 e. The molecule has 0 bridgehead atoms. The zero-order valence-electron chi connectivity index (χ0n) is 5.11. The van der Waals surface area contributed by atoms with Gasteiger partial charge in [-0.1, -0.05) is 0 Å². The molecule has 0 unspecified atom stereocenters. The molecule has 0 aliphatic heterocycles. The minimum Gasteiger partial charge on any atom is -0.307 e. The number of hydrogen-bond acceptors (Lipinski definition) is 5. The first-order valence-corrected chi connectivity index (χ1v) is 2.60. The maximum atomic E-state index is 10.1. The summed E-state index contributed by atoms with van der Waals surface area (Å²) in [4.78, 5) is 17.5. The van der Waals surface area contributed by atoms with E-state index < -0.39 is 0 Å². The van der Waals surface area contributed by atoms with Crippen LogP contribution in [-0.2, 0) is 0 Å². The Morgan fingerprint density at radius 1 is 1.60 bits per heavy atom. The molecule has 1 aromatic heterocycles. The number of rotatable bonds is 2. The van der Waals surface area contributed by atoms with E-state index in [1.165, 1.54) is 12.4 Å². The minimum absolute atomic E-state index is 0.260. The molecule has 0 aliphatic carbocycles. The fourth-order valence-electron chi connectivity index (χ4n) is 0.507. The fourth-order valence-corrected chi connectivity index (χ4v) is 0.507. The Morgan fingerprint density at radius 2 is 2.40 bits per heavy atom. The van der Waals surface area contributed by atoms with Gasteiger partial charge in [0.2, 0.25) is 0 Å². The third-order valence-corrected chi connectivity index (χ3v) is 0.922. The second kappa shape index (κ2) is 2.88. The molecule has 0 saturated heterocycles. The van der Waals surface area contributed by atoms with Crippen LogP contribution in [0.5, 0.6) is 0 Å². The van der Waals surface area contributed by atoms with Crippen LogP contribution in [0.2, 0.25) is 0 Å². The first-order valence-electron chi connectivity index (χ1n) is 2.60. The average Bonchev–Trinajstić information content (AvgIpc) is 2.05. The van der Waals surface area contributed by atoms with Crippen LogP contribution in [0.15, 0.2) is 12.4 Å². The maximum Gasteiger partial charge on any atom is 0.170 e. The predicted octanol–water partition coefficient (Wildman–Crippen LogP) is -0.425. The van der Waals surface area contributed by atoms with Crippen LogP contribution < -0.4 is 11.3 Å². The van der Waals surface area contributed by atoms with Crippen molar-refractivity contribution in [3.05, 3.63) is 18.1 Å². The minimum atomic E-state index is 0.260. The van der Waals surface area contributed by atoms with Crippen LogP contribution in [-0.4, -0.2) is 16.3 Å². The molecule has 1 heterocycles. The standard InChI is InChI=1S/C5H6N4O/c6-9-5-2-7-1-4(3-10)8-5/h1-3H,6H2,(H,8,9). The van der Waals surface area contributed by atoms with E-state index in [2.05, 4.69) is 15.4 Å². The van der Waals surface area contributed by atoms with Crippen molar-refractivity contribution in [1.82, 2.24) is 9.97 Å². The molecule has 5 nitrogen and oxygen atoms in total. The van der Waals surface area contributed by atoms with Gasteiger partial charge in [0.05, 0.1) is 12.4 Å². The van der Waals surface area contributed by atoms with Crippen LogP contribution in [0.25, 0.3) is 0 Å². The van der Waals surface area contributed by atoms with Gasteiger partial charge in [-0.15, -0.1) is 0 Å². The van der Waals surface area contributed by atoms with Crippen molar-refractivity contribution in [3.8, 4) is 0 Å². The van der Waals surface area contributed by atoms with Gasteiger partial charge in [0.25, 0.3) is 0 Å². The number of nitrogens with two attached hydrogens (primary N) is 1. The lowest BCUT2D eigenvalue weighted by Gasteiger charge is -1.95. The quantitative estimate of drug-likeness (QED) is 0.329. The highest BCUT2D eigenvalue weighted by Gasteiger charge is 1.92. The normalized spacial score (nSPS) is 8.90. The average molecular weight is 138 g/mol. The van der Waals surface area contributed by atoms with Crippen LogP contribution in [0.3, 0.4) is 0 Å². The van der Waals surface area contributed by atoms with Gasteiger partial charge in [0, 0.05) is 0 Å². The molecule has 10 heavy (non-hydrogen) atoms. The van der Waals surface area contributed by atoms with Gasteiger partial charge in [-0.25, -0.2) is 10.8 Å². The first-order chi connectivity index (χ1) is 4.86. The molecule has 0 saturated carbocycles. The molecule has 1 aromatic rings. The highest BCUT2D eigenvalue weighted by molar-refractivity contribution is 5.71. The number of carbonyl (C=O) groups excluding carboxylic acids is 1. The molecule has 52 valence electrons. The Kier molecular flexibility index (Phi) is 1.91. The van der Waals surface area contributed by atoms with Gasteiger partial charge in [0.1, 0.15) is 5.69 Å². The molecule has 1 rings (SSSR count). The second-order valence-electron chi connectivity index (χ2n) is 1.59. The number of aromatic nitrogens is 2. The van der Waals surface area contributed by atoms with Gasteiger partial charge < -0.3 is 5.43 Å². The molecule has 0 atom stereocenters. The smallest absolute Gasteiger partial charge is 0.170 e. The third-order valence-electron chi connectivity index (χ3n) is 0.922. The van der Waals surface area contributed by atoms with Gasteiger partial charge in [-0.3, -0.25) is 9.78 Å². The Labute approximate surface area is 57.3 Å². The Bertz CT molecular complexity index is 237. The molecule has 0 radical (unpaired) electrons. The van der Waals surface area contributed by atoms with Crippen LogP contribution in [0.1, 0.15) is 10.5 Å². The van der Waals surface area contributed by atoms with E-state index in [9.17, 15) is 4.79 Å². The van der Waals surface area contributed by atoms with Crippen LogP contribution >= 0.6 is 0 Å². The van der Waals surface area contributed by atoms with Crippen molar-refractivity contribution in [3.63, 3.8) is 0 Å². The van der Waals surface area contributed by atoms with E-state index in [0.29, 0.717) is 12.1 Å². The highest BCUT2D eigenvalue weighted by atomic mass is 16.1. The van der Waals surface area contributed by atoms with Crippen molar-refractivity contribution >= 4 is 12.1 Å². The number of hydrogen-bond donors (Lipinski definition) is 2. The summed E-state index contributed by atoms with van der Waals surface area (Å²) in [5, 5.41) is 0. The van der Waals surface area contributed by atoms with Crippen LogP contribution in [0, 0.1) is 0 Å². The van der Waals surface area contributed by atoms with E-state index in [0.717, 1.165) is 0 Å². The maximum absolute atomic E-state index is 10.1. The Balaban J connectivity index is 2.98. The van der Waals surface area contributed by atoms with Crippen molar-refractivity contribution in [1.29, 1.82) is 0 Å². The molecule has 5 heteroatoms. The molecular formula is C5H6N4O. The number of anilines is 1. The van der Waals surface area contributed by atoms with E-state index in [1.54, 1.807) is 0 Å². The molecule has 0 aliphatic rings. The lowest BCUT2D eigenvalue weighted by atomic mass is 10.5. The number of nitrogens with one attached hydrogen (secondary N) is 1. The third kappa shape index (κ3) is 1.26. The van der Waals surface area contributed by atoms with E-state index in [-0.39, 0.29) is 5.69 Å². The summed E-state index contributed by atoms with van der Waals surface area (Å²) in [7, 11) is 0. The lowest BCUT2D eigenvalue weighted by molar-refractivity contribution is 0.111. The zero-order valence-corrected chi connectivity index (χ0v) is 5.11. The number of nitrogen functional groups attached to an aromatic ring is 1. The lowest BCUT2D eigenvalue weighted by Crippen LogP contribution is -2.09. The van der Waals surface area contributed by atoms with E-state index >= 15 is 0 Å². The Morgan fingerprint density at radius 3 is 3.00 bits per heavy atom. The van der Waals surface area contributed by atoms with Crippen molar-refractivity contribution in [2.45, 2.75) is 0 Å². The van der Waals surface area contributed by atoms with Gasteiger partial charge >= 0.3 is 0 Å². The SMILES string of the molecule is NNc1cncc(C=O)n1. The second-order valence-corrected chi connectivity index (χ2v) is 1.59. The van der Waals surface area contributed by atoms with Crippen molar-refractivity contribution in [2.75, 3.05) is 5.43 Å². The summed E-state index contributed by atoms with van der Waals surface area (Å²) in [5.41, 5.74) is 2.53. The number of carbonyl (C=O) groups is 1. The predicted molar refractivity (Wildman–Crippen MR) is 35.2 cm³/mol. The summed E-state index contributed by atoms with van der Waals surface area (Å²) < 4.78 is 0. The monoisotopic (exact) mass is 138 g/mol. The summed E-state index contributed by atoms with van der Waals surface area (Å²) in [6, 6.07) is 0. The first kappa shape index (κ1) is 6.63. The highest BCUT2D eigenvalue weighted by Crippen LogP contribution is 1.96. The fraction of sp³-hybridized carbons (Fsp3) is 0. The van der Waals surface area contributed by atoms with Crippen molar-refractivity contribution in [2.24, 2.45) is 5.84 Å². The molecule has 0 amide bonds. The summed E-state index contributed by atoms with van der Waals surface area (Å²) >= 11 is 0. The number of hydrazine groups is 1. The summed E-state index contributed by atoms with van der Waals surface area (Å²) in [6.07, 6.45) is 3.38. The number of aldehydes is 1. The molecule has 0 fully saturated rings. The molecule has 0 aromatic carbocycles. The Hall–Kier alpha value is -1.49. The van der Waals surface area contributed by atoms with Gasteiger partial charge in [0.15, 0.2) is 12.1 Å². The molecule has 0 spiro atoms. The van der Waals surface area contributed by atoms with E-state index in [1.807, 2.05) is 0 Å². The topological polar surface area (TPSA) is 80.9 Å². The van der Waals surface area contributed by atoms with Crippen molar-refractivity contribution < 1.29 is 4.79 Å². The zero-order chi connectivity index (χ0) is 7.40. The van der Waals surface area contributed by atoms with Gasteiger partial charge in [-0.2, -0.15) is 0 Å². The van der Waals surface area contributed by atoms with Gasteiger partial charge in [-0.05, 0) is 0 Å². The van der Waals surface area contributed by atoms with Crippen LogP contribution in [0.4, 0.5) is 5.82 Å². The summed E-state index contributed by atoms with van der Waals surface area (Å²) in [5.74, 6) is 5.38. The summed E-state index contributed by atoms with van der Waals surface area (Å²) in [6.45, 7) is 0.